The molecule has 1 rings (SSSR count). The third-order valence-electron chi connectivity index (χ3n) is 1.94. The number of allylic oxidation sites excluding steroid dienone is 1. The summed E-state index contributed by atoms with van der Waals surface area (Å²) < 4.78 is 0. The van der Waals surface area contributed by atoms with Crippen LogP contribution in [0.15, 0.2) is 30.0 Å². The Bertz CT molecular complexity index is 505. The van der Waals surface area contributed by atoms with E-state index in [9.17, 15) is 25.0 Å². The van der Waals surface area contributed by atoms with Gasteiger partial charge in [0.05, 0.1) is 9.85 Å². The van der Waals surface area contributed by atoms with Crippen molar-refractivity contribution in [1.82, 2.24) is 0 Å². The highest BCUT2D eigenvalue weighted by atomic mass is 16.6. The lowest BCUT2D eigenvalue weighted by Crippen LogP contribution is -2.07. The van der Waals surface area contributed by atoms with Gasteiger partial charge >= 0.3 is 5.70 Å². The molecule has 0 atom stereocenters. The molecule has 0 amide bonds. The standard InChI is InChI=1S/C10H8N2O5/c1-7(13)10(12(16)17)6-8-3-2-4-9(5-8)11(14)15/h2-6H,1H3/b10-6-. The van der Waals surface area contributed by atoms with Crippen LogP contribution in [-0.4, -0.2) is 15.6 Å². The zero-order chi connectivity index (χ0) is 13.0. The van der Waals surface area contributed by atoms with Crippen molar-refractivity contribution in [2.24, 2.45) is 0 Å². The number of benzene rings is 1. The predicted molar refractivity (Wildman–Crippen MR) is 58.7 cm³/mol. The fourth-order valence-corrected chi connectivity index (χ4v) is 1.17. The molecule has 0 aliphatic carbocycles. The minimum atomic E-state index is -0.818. The normalized spacial score (nSPS) is 11.0. The Labute approximate surface area is 95.7 Å². The Morgan fingerprint density at radius 3 is 2.41 bits per heavy atom. The number of Topliss-reactive ketones (excluding diaryl/α,β-unsaturated/α-hetero) is 1. The van der Waals surface area contributed by atoms with Crippen molar-refractivity contribution in [2.75, 3.05) is 0 Å². The van der Waals surface area contributed by atoms with Gasteiger partial charge in [0.1, 0.15) is 0 Å². The van der Waals surface area contributed by atoms with E-state index in [0.29, 0.717) is 0 Å². The van der Waals surface area contributed by atoms with E-state index in [1.807, 2.05) is 0 Å². The van der Waals surface area contributed by atoms with E-state index < -0.39 is 21.3 Å². The van der Waals surface area contributed by atoms with E-state index in [1.54, 1.807) is 0 Å². The number of nitrogens with zero attached hydrogens (tertiary/aromatic N) is 2. The number of non-ortho nitro benzene ring substituents is 1. The summed E-state index contributed by atoms with van der Waals surface area (Å²) in [7, 11) is 0. The van der Waals surface area contributed by atoms with Crippen LogP contribution in [0.4, 0.5) is 5.69 Å². The number of nitro benzene ring substituents is 1. The molecule has 1 aromatic rings. The number of carbonyl (C=O) groups is 1. The first-order chi connectivity index (χ1) is 7.91. The SMILES string of the molecule is CC(=O)/C(=C/c1cccc([N+](=O)[O-])c1)[N+](=O)[O-]. The summed E-state index contributed by atoms with van der Waals surface area (Å²) in [5.41, 5.74) is -0.559. The third-order valence-corrected chi connectivity index (χ3v) is 1.94. The molecule has 0 N–H and O–H groups in total. The number of hydrogen-bond donors (Lipinski definition) is 0. The van der Waals surface area contributed by atoms with Crippen LogP contribution in [0.25, 0.3) is 6.08 Å². The summed E-state index contributed by atoms with van der Waals surface area (Å²) >= 11 is 0. The van der Waals surface area contributed by atoms with Crippen molar-refractivity contribution in [3.05, 3.63) is 55.8 Å². The van der Waals surface area contributed by atoms with Crippen molar-refractivity contribution >= 4 is 17.5 Å². The van der Waals surface area contributed by atoms with Gasteiger partial charge in [-0.05, 0) is 5.56 Å². The Morgan fingerprint density at radius 2 is 1.94 bits per heavy atom. The van der Waals surface area contributed by atoms with Gasteiger partial charge in [0.15, 0.2) is 0 Å². The van der Waals surface area contributed by atoms with E-state index in [1.165, 1.54) is 18.2 Å². The van der Waals surface area contributed by atoms with E-state index in [0.717, 1.165) is 19.1 Å². The highest BCUT2D eigenvalue weighted by molar-refractivity contribution is 5.95. The summed E-state index contributed by atoms with van der Waals surface area (Å²) in [5.74, 6) is -0.707. The molecule has 0 saturated carbocycles. The van der Waals surface area contributed by atoms with Gasteiger partial charge < -0.3 is 0 Å². The number of hydrogen-bond acceptors (Lipinski definition) is 5. The molecule has 0 fully saturated rings. The molecule has 0 heterocycles. The number of rotatable bonds is 4. The molecule has 88 valence electrons. The van der Waals surface area contributed by atoms with Crippen LogP contribution in [0, 0.1) is 20.2 Å². The monoisotopic (exact) mass is 236 g/mol. The van der Waals surface area contributed by atoms with E-state index in [2.05, 4.69) is 0 Å². The molecular formula is C10H8N2O5. The lowest BCUT2D eigenvalue weighted by molar-refractivity contribution is -0.417. The van der Waals surface area contributed by atoms with Crippen molar-refractivity contribution in [3.8, 4) is 0 Å². The molecule has 0 aliphatic heterocycles. The van der Waals surface area contributed by atoms with Crippen LogP contribution in [0.5, 0.6) is 0 Å². The minimum Gasteiger partial charge on any atom is -0.288 e. The van der Waals surface area contributed by atoms with Crippen LogP contribution >= 0.6 is 0 Å². The maximum Gasteiger partial charge on any atom is 0.312 e. The van der Waals surface area contributed by atoms with Crippen molar-refractivity contribution < 1.29 is 14.6 Å². The first-order valence-electron chi connectivity index (χ1n) is 4.53. The third kappa shape index (κ3) is 3.20. The van der Waals surface area contributed by atoms with Crippen molar-refractivity contribution in [1.29, 1.82) is 0 Å². The second-order valence-corrected chi connectivity index (χ2v) is 3.19. The van der Waals surface area contributed by atoms with Gasteiger partial charge in [-0.15, -0.1) is 0 Å². The molecule has 7 nitrogen and oxygen atoms in total. The Balaban J connectivity index is 3.20. The van der Waals surface area contributed by atoms with Crippen LogP contribution in [-0.2, 0) is 4.79 Å². The zero-order valence-electron chi connectivity index (χ0n) is 8.82. The molecule has 0 radical (unpaired) electrons. The van der Waals surface area contributed by atoms with Gasteiger partial charge in [0, 0.05) is 25.1 Å². The fourth-order valence-electron chi connectivity index (χ4n) is 1.17. The van der Waals surface area contributed by atoms with Crippen LogP contribution in [0.2, 0.25) is 0 Å². The lowest BCUT2D eigenvalue weighted by Gasteiger charge is -1.95. The summed E-state index contributed by atoms with van der Waals surface area (Å²) in [4.78, 5) is 30.6. The molecule has 7 heteroatoms. The molecule has 0 aliphatic rings. The predicted octanol–water partition coefficient (Wildman–Crippen LogP) is 1.80. The van der Waals surface area contributed by atoms with Crippen LogP contribution in [0.1, 0.15) is 12.5 Å². The maximum atomic E-state index is 11.0. The molecule has 0 unspecified atom stereocenters. The van der Waals surface area contributed by atoms with Gasteiger partial charge in [0.2, 0.25) is 5.78 Å². The number of ketones is 1. The van der Waals surface area contributed by atoms with Gasteiger partial charge in [-0.25, -0.2) is 0 Å². The van der Waals surface area contributed by atoms with Gasteiger partial charge in [-0.3, -0.25) is 25.0 Å². The summed E-state index contributed by atoms with van der Waals surface area (Å²) in [6.07, 6.45) is 1.01. The first kappa shape index (κ1) is 12.5. The Kier molecular flexibility index (Phi) is 3.66. The zero-order valence-corrected chi connectivity index (χ0v) is 8.82. The summed E-state index contributed by atoms with van der Waals surface area (Å²) in [6, 6.07) is 5.25. The average molecular weight is 236 g/mol. The first-order valence-corrected chi connectivity index (χ1v) is 4.53. The molecule has 1 aromatic carbocycles. The second-order valence-electron chi connectivity index (χ2n) is 3.19. The highest BCUT2D eigenvalue weighted by Crippen LogP contribution is 2.16. The molecule has 0 spiro atoms. The number of carbonyl (C=O) groups excluding carboxylic acids is 1. The van der Waals surface area contributed by atoms with Gasteiger partial charge in [-0.1, -0.05) is 12.1 Å². The van der Waals surface area contributed by atoms with Crippen molar-refractivity contribution in [3.63, 3.8) is 0 Å². The topological polar surface area (TPSA) is 103 Å². The molecule has 0 saturated heterocycles. The minimum absolute atomic E-state index is 0.190. The second kappa shape index (κ2) is 4.97. The van der Waals surface area contributed by atoms with E-state index in [-0.39, 0.29) is 11.3 Å². The van der Waals surface area contributed by atoms with Gasteiger partial charge in [-0.2, -0.15) is 0 Å². The largest absolute Gasteiger partial charge is 0.312 e. The average Bonchev–Trinajstić information content (AvgIpc) is 2.25. The summed E-state index contributed by atoms with van der Waals surface area (Å²) in [6.45, 7) is 1.06. The summed E-state index contributed by atoms with van der Waals surface area (Å²) in [5, 5.41) is 21.0. The quantitative estimate of drug-likeness (QED) is 0.450. The van der Waals surface area contributed by atoms with Crippen LogP contribution < -0.4 is 0 Å². The smallest absolute Gasteiger partial charge is 0.288 e. The molecule has 0 aromatic heterocycles. The Hall–Kier alpha value is -2.57. The molecule has 0 bridgehead atoms. The van der Waals surface area contributed by atoms with E-state index >= 15 is 0 Å². The molecule has 17 heavy (non-hydrogen) atoms. The van der Waals surface area contributed by atoms with Crippen LogP contribution in [0.3, 0.4) is 0 Å². The highest BCUT2D eigenvalue weighted by Gasteiger charge is 2.17. The fraction of sp³-hybridized carbons (Fsp3) is 0.100. The van der Waals surface area contributed by atoms with E-state index in [4.69, 9.17) is 0 Å². The number of nitro groups is 2. The Morgan fingerprint density at radius 1 is 1.29 bits per heavy atom. The molecular weight excluding hydrogens is 228 g/mol. The van der Waals surface area contributed by atoms with Crippen molar-refractivity contribution in [2.45, 2.75) is 6.92 Å². The van der Waals surface area contributed by atoms with Gasteiger partial charge in [0.25, 0.3) is 5.69 Å². The lowest BCUT2D eigenvalue weighted by atomic mass is 10.1. The maximum absolute atomic E-state index is 11.0.